The maximum Gasteiger partial charge on any atom is 0.261 e. The van der Waals surface area contributed by atoms with Gasteiger partial charge in [0.1, 0.15) is 5.82 Å². The van der Waals surface area contributed by atoms with E-state index in [1.807, 2.05) is 4.57 Å². The van der Waals surface area contributed by atoms with Crippen LogP contribution < -0.4 is 5.56 Å². The number of likely N-dealkylation sites (tertiary alicyclic amines) is 1. The Kier molecular flexibility index (Phi) is 7.62. The maximum absolute atomic E-state index is 13.4. The molecule has 32 heavy (non-hydrogen) atoms. The van der Waals surface area contributed by atoms with E-state index in [2.05, 4.69) is 37.0 Å². The predicted octanol–water partition coefficient (Wildman–Crippen LogP) is 4.13. The monoisotopic (exact) mass is 440 g/mol. The Bertz CT molecular complexity index is 956. The number of hydrogen-bond acceptors (Lipinski definition) is 5. The van der Waals surface area contributed by atoms with E-state index >= 15 is 0 Å². The van der Waals surface area contributed by atoms with Gasteiger partial charge in [-0.2, -0.15) is 0 Å². The summed E-state index contributed by atoms with van der Waals surface area (Å²) in [5, 5.41) is 10.7. The van der Waals surface area contributed by atoms with E-state index < -0.39 is 0 Å². The van der Waals surface area contributed by atoms with Crippen LogP contribution in [0.4, 0.5) is 0 Å². The van der Waals surface area contributed by atoms with Crippen molar-refractivity contribution < 1.29 is 5.11 Å². The number of fused-ring (bicyclic) bond motifs is 1. The third kappa shape index (κ3) is 5.40. The molecule has 1 aliphatic heterocycles. The lowest BCUT2D eigenvalue weighted by Gasteiger charge is -2.30. The Morgan fingerprint density at radius 2 is 1.88 bits per heavy atom. The fraction of sp³-hybridized carbons (Fsp3) is 0.731. The second-order valence-corrected chi connectivity index (χ2v) is 10.4. The van der Waals surface area contributed by atoms with Crippen molar-refractivity contribution in [2.75, 3.05) is 20.1 Å². The summed E-state index contributed by atoms with van der Waals surface area (Å²) in [5.41, 5.74) is 2.09. The first-order chi connectivity index (χ1) is 15.4. The van der Waals surface area contributed by atoms with Crippen molar-refractivity contribution in [2.24, 2.45) is 11.8 Å². The van der Waals surface area contributed by atoms with Gasteiger partial charge in [-0.25, -0.2) is 9.97 Å². The summed E-state index contributed by atoms with van der Waals surface area (Å²) in [6.45, 7) is 7.44. The molecule has 2 aromatic heterocycles. The van der Waals surface area contributed by atoms with Crippen LogP contribution in [0.2, 0.25) is 0 Å². The lowest BCUT2D eigenvalue weighted by molar-refractivity contribution is 0.122. The van der Waals surface area contributed by atoms with Gasteiger partial charge in [-0.05, 0) is 82.0 Å². The minimum atomic E-state index is -0.192. The largest absolute Gasteiger partial charge is 0.393 e. The van der Waals surface area contributed by atoms with Crippen LogP contribution in [0.1, 0.15) is 82.5 Å². The molecule has 1 saturated carbocycles. The van der Waals surface area contributed by atoms with Crippen LogP contribution in [-0.4, -0.2) is 50.8 Å². The molecule has 0 spiro atoms. The third-order valence-corrected chi connectivity index (χ3v) is 7.64. The molecular formula is C26H40N4O2. The molecule has 1 unspecified atom stereocenters. The van der Waals surface area contributed by atoms with Gasteiger partial charge in [-0.15, -0.1) is 0 Å². The summed E-state index contributed by atoms with van der Waals surface area (Å²) < 4.78 is 1.95. The van der Waals surface area contributed by atoms with Crippen LogP contribution in [0.3, 0.4) is 0 Å². The van der Waals surface area contributed by atoms with Crippen molar-refractivity contribution in [3.63, 3.8) is 0 Å². The molecule has 176 valence electrons. The number of pyridine rings is 1. The highest BCUT2D eigenvalue weighted by Gasteiger charge is 2.26. The first-order valence-corrected chi connectivity index (χ1v) is 12.7. The Hall–Kier alpha value is -1.79. The Labute approximate surface area is 192 Å². The molecule has 0 radical (unpaired) electrons. The van der Waals surface area contributed by atoms with Crippen molar-refractivity contribution in [1.29, 1.82) is 0 Å². The molecule has 1 N–H and O–H groups in total. The summed E-state index contributed by atoms with van der Waals surface area (Å²) in [6, 6.07) is 0. The van der Waals surface area contributed by atoms with Gasteiger partial charge in [0.15, 0.2) is 0 Å². The lowest BCUT2D eigenvalue weighted by atomic mass is 9.82. The summed E-state index contributed by atoms with van der Waals surface area (Å²) >= 11 is 0. The zero-order chi connectivity index (χ0) is 22.7. The van der Waals surface area contributed by atoms with E-state index in [1.165, 1.54) is 5.56 Å². The van der Waals surface area contributed by atoms with Gasteiger partial charge in [0.2, 0.25) is 0 Å². The molecule has 6 heteroatoms. The van der Waals surface area contributed by atoms with Gasteiger partial charge >= 0.3 is 0 Å². The van der Waals surface area contributed by atoms with Crippen LogP contribution in [0.5, 0.6) is 0 Å². The average molecular weight is 441 g/mol. The quantitative estimate of drug-likeness (QED) is 0.701. The number of aromatic nitrogens is 3. The number of hydrogen-bond donors (Lipinski definition) is 1. The number of piperidine rings is 1. The summed E-state index contributed by atoms with van der Waals surface area (Å²) in [4.78, 5) is 25.4. The molecule has 1 saturated heterocycles. The fourth-order valence-corrected chi connectivity index (χ4v) is 5.59. The van der Waals surface area contributed by atoms with Crippen LogP contribution in [-0.2, 0) is 13.0 Å². The van der Waals surface area contributed by atoms with Crippen LogP contribution >= 0.6 is 0 Å². The molecule has 0 aromatic carbocycles. The van der Waals surface area contributed by atoms with Crippen molar-refractivity contribution in [1.82, 2.24) is 19.4 Å². The molecular weight excluding hydrogens is 400 g/mol. The second-order valence-electron chi connectivity index (χ2n) is 10.4. The first-order valence-electron chi connectivity index (χ1n) is 12.7. The molecule has 6 nitrogen and oxygen atoms in total. The predicted molar refractivity (Wildman–Crippen MR) is 129 cm³/mol. The van der Waals surface area contributed by atoms with E-state index in [1.54, 1.807) is 6.20 Å². The standard InChI is InChI=1S/C26H40N4O2/c1-4-5-18(2)14-24-27-15-22-25(28-24)23(20-6-8-21(31)9-7-20)17-30(26(22)32)16-19-10-12-29(3)13-11-19/h15,17-21,31H,4-14,16H2,1-3H3. The Morgan fingerprint density at radius 1 is 1.16 bits per heavy atom. The van der Waals surface area contributed by atoms with Gasteiger partial charge in [0.05, 0.1) is 17.0 Å². The van der Waals surface area contributed by atoms with Gasteiger partial charge in [-0.1, -0.05) is 26.7 Å². The topological polar surface area (TPSA) is 71.2 Å². The number of rotatable bonds is 7. The molecule has 2 fully saturated rings. The van der Waals surface area contributed by atoms with Gasteiger partial charge in [-0.3, -0.25) is 4.79 Å². The third-order valence-electron chi connectivity index (χ3n) is 7.64. The second kappa shape index (κ2) is 10.4. The van der Waals surface area contributed by atoms with Gasteiger partial charge in [0.25, 0.3) is 5.56 Å². The highest BCUT2D eigenvalue weighted by Crippen LogP contribution is 2.35. The minimum absolute atomic E-state index is 0.0479. The average Bonchev–Trinajstić information content (AvgIpc) is 2.78. The molecule has 4 rings (SSSR count). The molecule has 0 amide bonds. The zero-order valence-corrected chi connectivity index (χ0v) is 20.1. The Balaban J connectivity index is 1.70. The van der Waals surface area contributed by atoms with Crippen molar-refractivity contribution in [3.05, 3.63) is 34.1 Å². The normalized spacial score (nSPS) is 24.1. The SMILES string of the molecule is CCCC(C)Cc1ncc2c(=O)n(CC3CCN(C)CC3)cc(C3CCC(O)CC3)c2n1. The molecule has 0 bridgehead atoms. The smallest absolute Gasteiger partial charge is 0.261 e. The van der Waals surface area contributed by atoms with Crippen molar-refractivity contribution in [2.45, 2.75) is 90.2 Å². The Morgan fingerprint density at radius 3 is 2.56 bits per heavy atom. The minimum Gasteiger partial charge on any atom is -0.393 e. The van der Waals surface area contributed by atoms with E-state index in [9.17, 15) is 9.90 Å². The van der Waals surface area contributed by atoms with Gasteiger partial charge < -0.3 is 14.6 Å². The van der Waals surface area contributed by atoms with Crippen LogP contribution in [0.25, 0.3) is 10.9 Å². The fourth-order valence-electron chi connectivity index (χ4n) is 5.59. The zero-order valence-electron chi connectivity index (χ0n) is 20.1. The number of nitrogens with zero attached hydrogens (tertiary/aromatic N) is 4. The van der Waals surface area contributed by atoms with E-state index in [0.717, 1.165) is 88.8 Å². The summed E-state index contributed by atoms with van der Waals surface area (Å²) in [7, 11) is 2.17. The molecule has 3 heterocycles. The van der Waals surface area contributed by atoms with E-state index in [-0.39, 0.29) is 11.7 Å². The van der Waals surface area contributed by atoms with Crippen molar-refractivity contribution >= 4 is 10.9 Å². The molecule has 2 aromatic rings. The van der Waals surface area contributed by atoms with E-state index in [0.29, 0.717) is 23.1 Å². The van der Waals surface area contributed by atoms with E-state index in [4.69, 9.17) is 4.98 Å². The maximum atomic E-state index is 13.4. The molecule has 2 aliphatic rings. The lowest BCUT2D eigenvalue weighted by Crippen LogP contribution is -2.34. The van der Waals surface area contributed by atoms with Crippen LogP contribution in [0, 0.1) is 11.8 Å². The molecule has 1 atom stereocenters. The summed E-state index contributed by atoms with van der Waals surface area (Å²) in [6.07, 6.45) is 12.7. The molecule has 1 aliphatic carbocycles. The highest BCUT2D eigenvalue weighted by molar-refractivity contribution is 5.80. The number of aliphatic hydroxyl groups is 1. The van der Waals surface area contributed by atoms with Gasteiger partial charge in [0, 0.05) is 25.4 Å². The van der Waals surface area contributed by atoms with Crippen molar-refractivity contribution in [3.8, 4) is 0 Å². The highest BCUT2D eigenvalue weighted by atomic mass is 16.3. The number of aliphatic hydroxyl groups excluding tert-OH is 1. The summed E-state index contributed by atoms with van der Waals surface area (Å²) in [5.74, 6) is 2.28. The first kappa shape index (κ1) is 23.4. The van der Waals surface area contributed by atoms with Crippen LogP contribution in [0.15, 0.2) is 17.2 Å².